The fraction of sp³-hybridized carbons (Fsp3) is 0.667. The number of amides is 1. The van der Waals surface area contributed by atoms with E-state index in [9.17, 15) is 4.79 Å². The van der Waals surface area contributed by atoms with Crippen molar-refractivity contribution in [3.63, 3.8) is 0 Å². The molecule has 0 aromatic rings. The second kappa shape index (κ2) is 6.81. The number of nitrogens with one attached hydrogen (secondary N) is 1. The summed E-state index contributed by atoms with van der Waals surface area (Å²) >= 11 is 0. The van der Waals surface area contributed by atoms with Crippen LogP contribution in [0.1, 0.15) is 40.0 Å². The molecule has 2 atom stereocenters. The number of aliphatic imine (C=N–C) groups is 2. The molecule has 1 fully saturated rings. The van der Waals surface area contributed by atoms with Crippen LogP contribution in [0.4, 0.5) is 0 Å². The van der Waals surface area contributed by atoms with Gasteiger partial charge in [-0.1, -0.05) is 20.3 Å². The molecule has 7 nitrogen and oxygen atoms in total. The van der Waals surface area contributed by atoms with Crippen molar-refractivity contribution in [2.24, 2.45) is 27.4 Å². The zero-order valence-corrected chi connectivity index (χ0v) is 13.6. The summed E-state index contributed by atoms with van der Waals surface area (Å²) in [6.07, 6.45) is 2.50. The predicted molar refractivity (Wildman–Crippen MR) is 88.1 cm³/mol. The molecule has 0 aromatic heterocycles. The maximum Gasteiger partial charge on any atom is 0.251 e. The lowest BCUT2D eigenvalue weighted by Gasteiger charge is -2.23. The van der Waals surface area contributed by atoms with E-state index in [1.54, 1.807) is 0 Å². The number of hydrogen-bond acceptors (Lipinski definition) is 4. The van der Waals surface area contributed by atoms with Gasteiger partial charge in [-0.3, -0.25) is 19.7 Å². The molecule has 7 heteroatoms. The normalized spacial score (nSPS) is 22.1. The molecular formula is C15H26N6O. The summed E-state index contributed by atoms with van der Waals surface area (Å²) < 4.78 is 0. The average Bonchev–Trinajstić information content (AvgIpc) is 2.80. The number of fused-ring (bicyclic) bond motifs is 1. The first-order chi connectivity index (χ1) is 10.4. The third-order valence-electron chi connectivity index (χ3n) is 4.16. The van der Waals surface area contributed by atoms with Gasteiger partial charge in [-0.15, -0.1) is 0 Å². The van der Waals surface area contributed by atoms with Crippen molar-refractivity contribution in [2.45, 2.75) is 46.1 Å². The van der Waals surface area contributed by atoms with E-state index in [1.807, 2.05) is 11.8 Å². The van der Waals surface area contributed by atoms with Crippen LogP contribution >= 0.6 is 0 Å². The van der Waals surface area contributed by atoms with Crippen molar-refractivity contribution in [1.29, 1.82) is 0 Å². The first-order valence-electron chi connectivity index (χ1n) is 7.84. The molecule has 2 aliphatic heterocycles. The number of carbonyl (C=O) groups excluding carboxylic acids is 1. The summed E-state index contributed by atoms with van der Waals surface area (Å²) in [6.45, 7) is 7.29. The third-order valence-corrected chi connectivity index (χ3v) is 4.16. The first-order valence-corrected chi connectivity index (χ1v) is 7.84. The van der Waals surface area contributed by atoms with E-state index in [1.165, 1.54) is 0 Å². The third kappa shape index (κ3) is 3.40. The summed E-state index contributed by atoms with van der Waals surface area (Å²) in [4.78, 5) is 23.0. The molecule has 2 rings (SSSR count). The number of nitrogens with two attached hydrogens (primary N) is 2. The van der Waals surface area contributed by atoms with E-state index in [4.69, 9.17) is 11.5 Å². The summed E-state index contributed by atoms with van der Waals surface area (Å²) in [5, 5.41) is 3.38. The fourth-order valence-corrected chi connectivity index (χ4v) is 2.76. The molecule has 1 amide bonds. The summed E-state index contributed by atoms with van der Waals surface area (Å²) in [7, 11) is 0. The van der Waals surface area contributed by atoms with Crippen molar-refractivity contribution in [3.05, 3.63) is 11.5 Å². The largest absolute Gasteiger partial charge is 0.370 e. The summed E-state index contributed by atoms with van der Waals surface area (Å²) in [5.74, 6) is 1.42. The lowest BCUT2D eigenvalue weighted by atomic mass is 9.99. The van der Waals surface area contributed by atoms with Crippen LogP contribution in [0.25, 0.3) is 0 Å². The fourth-order valence-electron chi connectivity index (χ4n) is 2.76. The Hall–Kier alpha value is -2.05. The zero-order valence-electron chi connectivity index (χ0n) is 13.6. The minimum absolute atomic E-state index is 0.105. The van der Waals surface area contributed by atoms with Gasteiger partial charge in [-0.25, -0.2) is 0 Å². The number of carbonyl (C=O) groups is 1. The number of hydrogen-bond donors (Lipinski definition) is 3. The number of guanidine groups is 1. The van der Waals surface area contributed by atoms with Gasteiger partial charge in [0.25, 0.3) is 5.91 Å². The van der Waals surface area contributed by atoms with Gasteiger partial charge in [0.05, 0.1) is 12.2 Å². The maximum atomic E-state index is 12.6. The molecule has 0 spiro atoms. The Labute approximate surface area is 131 Å². The highest BCUT2D eigenvalue weighted by Crippen LogP contribution is 2.28. The standard InChI is InChI=1S/C15H26N6O/c1-4-9(2)12-14(22)21-8-10(3)19-11(13(21)20-12)6-5-7-18-15(16)17/h9,12,20H,4-8H2,1-3H3,(H4,16,17,18). The van der Waals surface area contributed by atoms with Gasteiger partial charge in [0.2, 0.25) is 0 Å². The van der Waals surface area contributed by atoms with Crippen molar-refractivity contribution in [2.75, 3.05) is 13.1 Å². The van der Waals surface area contributed by atoms with Crippen molar-refractivity contribution < 1.29 is 4.79 Å². The predicted octanol–water partition coefficient (Wildman–Crippen LogP) is 0.530. The van der Waals surface area contributed by atoms with Crippen LogP contribution in [0, 0.1) is 5.92 Å². The van der Waals surface area contributed by atoms with E-state index in [-0.39, 0.29) is 17.9 Å². The molecule has 0 aromatic carbocycles. The zero-order chi connectivity index (χ0) is 16.3. The highest BCUT2D eigenvalue weighted by molar-refractivity contribution is 5.95. The molecule has 122 valence electrons. The molecule has 2 heterocycles. The van der Waals surface area contributed by atoms with Crippen LogP contribution in [-0.2, 0) is 4.79 Å². The molecule has 2 unspecified atom stereocenters. The number of rotatable bonds is 6. The second-order valence-electron chi connectivity index (χ2n) is 5.98. The molecule has 0 aliphatic carbocycles. The first kappa shape index (κ1) is 16.3. The maximum absolute atomic E-state index is 12.6. The Bertz CT molecular complexity index is 532. The van der Waals surface area contributed by atoms with Crippen LogP contribution in [-0.4, -0.2) is 41.6 Å². The van der Waals surface area contributed by atoms with Crippen molar-refractivity contribution in [3.8, 4) is 0 Å². The topological polar surface area (TPSA) is 109 Å². The van der Waals surface area contributed by atoms with Gasteiger partial charge in [0.15, 0.2) is 5.96 Å². The van der Waals surface area contributed by atoms with E-state index >= 15 is 0 Å². The molecule has 22 heavy (non-hydrogen) atoms. The second-order valence-corrected chi connectivity index (χ2v) is 5.98. The molecule has 1 saturated heterocycles. The highest BCUT2D eigenvalue weighted by Gasteiger charge is 2.40. The molecule has 2 aliphatic rings. The highest BCUT2D eigenvalue weighted by atomic mass is 16.2. The van der Waals surface area contributed by atoms with E-state index in [0.29, 0.717) is 19.0 Å². The quantitative estimate of drug-likeness (QED) is 0.378. The molecule has 0 radical (unpaired) electrons. The van der Waals surface area contributed by atoms with Crippen LogP contribution in [0.2, 0.25) is 0 Å². The molecule has 5 N–H and O–H groups in total. The minimum Gasteiger partial charge on any atom is -0.370 e. The smallest absolute Gasteiger partial charge is 0.251 e. The van der Waals surface area contributed by atoms with E-state index in [2.05, 4.69) is 29.1 Å². The van der Waals surface area contributed by atoms with Crippen molar-refractivity contribution >= 4 is 17.6 Å². The van der Waals surface area contributed by atoms with Crippen LogP contribution in [0.3, 0.4) is 0 Å². The van der Waals surface area contributed by atoms with Gasteiger partial charge in [0.1, 0.15) is 11.9 Å². The number of allylic oxidation sites excluding steroid dienone is 1. The Morgan fingerprint density at radius 3 is 2.91 bits per heavy atom. The lowest BCUT2D eigenvalue weighted by Crippen LogP contribution is -2.37. The Morgan fingerprint density at radius 2 is 2.27 bits per heavy atom. The van der Waals surface area contributed by atoms with Gasteiger partial charge < -0.3 is 16.8 Å². The SMILES string of the molecule is CCC(C)C1NC2=C(CCCN=C(N)N)N=C(C)CN2C1=O. The molecular weight excluding hydrogens is 280 g/mol. The molecule has 0 saturated carbocycles. The van der Waals surface area contributed by atoms with Gasteiger partial charge in [0, 0.05) is 12.3 Å². The summed E-state index contributed by atoms with van der Waals surface area (Å²) in [5.41, 5.74) is 12.5. The Kier molecular flexibility index (Phi) is 5.05. The average molecular weight is 306 g/mol. The van der Waals surface area contributed by atoms with Gasteiger partial charge in [-0.2, -0.15) is 0 Å². The van der Waals surface area contributed by atoms with Gasteiger partial charge >= 0.3 is 0 Å². The number of nitrogens with zero attached hydrogens (tertiary/aromatic N) is 3. The van der Waals surface area contributed by atoms with Crippen LogP contribution < -0.4 is 16.8 Å². The lowest BCUT2D eigenvalue weighted by molar-refractivity contribution is -0.128. The molecule has 0 bridgehead atoms. The minimum atomic E-state index is -0.145. The monoisotopic (exact) mass is 306 g/mol. The van der Waals surface area contributed by atoms with Crippen molar-refractivity contribution in [1.82, 2.24) is 10.2 Å². The summed E-state index contributed by atoms with van der Waals surface area (Å²) in [6, 6.07) is -0.145. The van der Waals surface area contributed by atoms with E-state index < -0.39 is 0 Å². The van der Waals surface area contributed by atoms with Crippen LogP contribution in [0.15, 0.2) is 21.5 Å². The van der Waals surface area contributed by atoms with Gasteiger partial charge in [-0.05, 0) is 25.7 Å². The van der Waals surface area contributed by atoms with E-state index in [0.717, 1.165) is 36.5 Å². The Morgan fingerprint density at radius 1 is 1.55 bits per heavy atom. The van der Waals surface area contributed by atoms with Crippen LogP contribution in [0.5, 0.6) is 0 Å². The Balaban J connectivity index is 2.13.